The van der Waals surface area contributed by atoms with E-state index in [-0.39, 0.29) is 10.9 Å². The third-order valence-electron chi connectivity index (χ3n) is 4.08. The van der Waals surface area contributed by atoms with Gasteiger partial charge < -0.3 is 4.90 Å². The Morgan fingerprint density at radius 2 is 1.95 bits per heavy atom. The number of fused-ring (bicyclic) bond motifs is 1. The van der Waals surface area contributed by atoms with Crippen LogP contribution in [0.4, 0.5) is 11.4 Å². The first-order valence-corrected chi connectivity index (χ1v) is 7.18. The molecular weight excluding hydrogens is 250 g/mol. The van der Waals surface area contributed by atoms with Crippen LogP contribution in [0.2, 0.25) is 0 Å². The summed E-state index contributed by atoms with van der Waals surface area (Å²) in [6.07, 6.45) is 1.97. The number of hydrogen-bond acceptors (Lipinski definition) is 3. The second-order valence-corrected chi connectivity index (χ2v) is 6.09. The maximum atomic E-state index is 11.8. The zero-order valence-electron chi connectivity index (χ0n) is 12.2. The fraction of sp³-hybridized carbons (Fsp3) is 0.412. The minimum atomic E-state index is -0.329. The van der Waals surface area contributed by atoms with Crippen molar-refractivity contribution in [2.75, 3.05) is 11.4 Å². The van der Waals surface area contributed by atoms with Crippen LogP contribution < -0.4 is 15.8 Å². The molecule has 0 amide bonds. The molecule has 1 aliphatic rings. The first-order chi connectivity index (χ1) is 9.49. The molecule has 0 fully saturated rings. The van der Waals surface area contributed by atoms with Gasteiger partial charge in [0, 0.05) is 17.8 Å². The molecular formula is C17H19NO2. The predicted molar refractivity (Wildman–Crippen MR) is 81.8 cm³/mol. The Bertz CT molecular complexity index is 736. The van der Waals surface area contributed by atoms with Gasteiger partial charge in [-0.25, -0.2) is 0 Å². The topological polar surface area (TPSA) is 37.4 Å². The van der Waals surface area contributed by atoms with Gasteiger partial charge in [-0.3, -0.25) is 9.59 Å². The van der Waals surface area contributed by atoms with E-state index in [4.69, 9.17) is 0 Å². The van der Waals surface area contributed by atoms with Crippen LogP contribution in [-0.4, -0.2) is 6.54 Å². The van der Waals surface area contributed by atoms with Crippen LogP contribution in [-0.2, 0) is 12.8 Å². The lowest BCUT2D eigenvalue weighted by atomic mass is 10.00. The molecule has 0 unspecified atom stereocenters. The van der Waals surface area contributed by atoms with E-state index in [0.29, 0.717) is 17.2 Å². The molecule has 1 heterocycles. The zero-order valence-corrected chi connectivity index (χ0v) is 12.2. The van der Waals surface area contributed by atoms with Crippen molar-refractivity contribution in [2.45, 2.75) is 33.6 Å². The lowest BCUT2D eigenvalue weighted by Crippen LogP contribution is -2.40. The lowest BCUT2D eigenvalue weighted by Gasteiger charge is -2.22. The summed E-state index contributed by atoms with van der Waals surface area (Å²) in [5.74, 6) is 0.607. The second-order valence-electron chi connectivity index (χ2n) is 6.09. The standard InChI is InChI=1S/C17H19NO2/c1-10(2)8-12-4-5-13-6-7-18(14(13)9-12)15-11(3)16(19)17(15)20/h4-5,9-10H,6-8H2,1-3H3. The molecule has 3 heteroatoms. The first-order valence-electron chi connectivity index (χ1n) is 7.18. The van der Waals surface area contributed by atoms with Crippen molar-refractivity contribution in [1.82, 2.24) is 0 Å². The normalized spacial score (nSPS) is 14.3. The minimum absolute atomic E-state index is 0.327. The van der Waals surface area contributed by atoms with Gasteiger partial charge in [-0.1, -0.05) is 26.0 Å². The first kappa shape index (κ1) is 13.1. The van der Waals surface area contributed by atoms with E-state index < -0.39 is 0 Å². The summed E-state index contributed by atoms with van der Waals surface area (Å²) in [6.45, 7) is 6.94. The van der Waals surface area contributed by atoms with Crippen molar-refractivity contribution >= 4 is 11.4 Å². The Labute approximate surface area is 118 Å². The number of anilines is 2. The van der Waals surface area contributed by atoms with E-state index in [1.807, 2.05) is 4.90 Å². The fourth-order valence-electron chi connectivity index (χ4n) is 3.07. The van der Waals surface area contributed by atoms with Gasteiger partial charge >= 0.3 is 0 Å². The number of benzene rings is 1. The summed E-state index contributed by atoms with van der Waals surface area (Å²) in [4.78, 5) is 25.2. The molecule has 1 aliphatic heterocycles. The van der Waals surface area contributed by atoms with E-state index >= 15 is 0 Å². The van der Waals surface area contributed by atoms with Crippen LogP contribution in [0.5, 0.6) is 0 Å². The van der Waals surface area contributed by atoms with E-state index in [1.54, 1.807) is 6.92 Å². The Kier molecular flexibility index (Phi) is 3.00. The van der Waals surface area contributed by atoms with Gasteiger partial charge in [-0.05, 0) is 42.9 Å². The van der Waals surface area contributed by atoms with Crippen molar-refractivity contribution in [1.29, 1.82) is 0 Å². The number of hydrogen-bond donors (Lipinski definition) is 0. The SMILES string of the molecule is Cc1c(N2CCc3ccc(CC(C)C)cc32)c(=O)c1=O. The van der Waals surface area contributed by atoms with E-state index in [0.717, 1.165) is 25.1 Å². The van der Waals surface area contributed by atoms with Gasteiger partial charge in [0.1, 0.15) is 5.69 Å². The molecule has 0 atom stereocenters. The molecule has 0 radical (unpaired) electrons. The Balaban J connectivity index is 2.01. The van der Waals surface area contributed by atoms with Crippen molar-refractivity contribution in [3.05, 3.63) is 55.3 Å². The van der Waals surface area contributed by atoms with Gasteiger partial charge in [-0.2, -0.15) is 0 Å². The molecule has 0 N–H and O–H groups in total. The molecule has 20 heavy (non-hydrogen) atoms. The van der Waals surface area contributed by atoms with Crippen LogP contribution in [0.3, 0.4) is 0 Å². The highest BCUT2D eigenvalue weighted by Gasteiger charge is 2.28. The van der Waals surface area contributed by atoms with E-state index in [9.17, 15) is 9.59 Å². The third kappa shape index (κ3) is 1.89. The van der Waals surface area contributed by atoms with Gasteiger partial charge in [0.15, 0.2) is 0 Å². The summed E-state index contributed by atoms with van der Waals surface area (Å²) < 4.78 is 0. The molecule has 0 aromatic heterocycles. The smallest absolute Gasteiger partial charge is 0.249 e. The average molecular weight is 269 g/mol. The fourth-order valence-corrected chi connectivity index (χ4v) is 3.07. The molecule has 2 aromatic rings. The summed E-state index contributed by atoms with van der Waals surface area (Å²) >= 11 is 0. The average Bonchev–Trinajstić information content (AvgIpc) is 2.81. The molecule has 0 bridgehead atoms. The molecule has 0 spiro atoms. The molecule has 2 aromatic carbocycles. The zero-order chi connectivity index (χ0) is 14.4. The second kappa shape index (κ2) is 4.58. The minimum Gasteiger partial charge on any atom is -0.337 e. The summed E-state index contributed by atoms with van der Waals surface area (Å²) in [5, 5.41) is 0. The lowest BCUT2D eigenvalue weighted by molar-refractivity contribution is 0.647. The predicted octanol–water partition coefficient (Wildman–Crippen LogP) is 2.48. The Hall–Kier alpha value is -1.90. The van der Waals surface area contributed by atoms with Crippen molar-refractivity contribution in [3.63, 3.8) is 0 Å². The van der Waals surface area contributed by atoms with Crippen LogP contribution >= 0.6 is 0 Å². The van der Waals surface area contributed by atoms with E-state index in [1.165, 1.54) is 11.1 Å². The van der Waals surface area contributed by atoms with Crippen molar-refractivity contribution < 1.29 is 0 Å². The third-order valence-corrected chi connectivity index (χ3v) is 4.08. The highest BCUT2D eigenvalue weighted by molar-refractivity contribution is 5.74. The van der Waals surface area contributed by atoms with Gasteiger partial charge in [0.25, 0.3) is 0 Å². The quantitative estimate of drug-likeness (QED) is 0.803. The maximum Gasteiger partial charge on any atom is 0.249 e. The molecule has 3 nitrogen and oxygen atoms in total. The Morgan fingerprint density at radius 3 is 2.60 bits per heavy atom. The molecule has 0 aliphatic carbocycles. The van der Waals surface area contributed by atoms with Crippen molar-refractivity contribution in [2.24, 2.45) is 5.92 Å². The Morgan fingerprint density at radius 1 is 1.20 bits per heavy atom. The summed E-state index contributed by atoms with van der Waals surface area (Å²) in [7, 11) is 0. The van der Waals surface area contributed by atoms with Gasteiger partial charge in [0.05, 0.1) is 0 Å². The molecule has 0 saturated carbocycles. The van der Waals surface area contributed by atoms with Gasteiger partial charge in [-0.15, -0.1) is 0 Å². The summed E-state index contributed by atoms with van der Waals surface area (Å²) in [5.41, 5.74) is 4.23. The highest BCUT2D eigenvalue weighted by Crippen LogP contribution is 2.35. The van der Waals surface area contributed by atoms with Gasteiger partial charge in [0.2, 0.25) is 10.9 Å². The monoisotopic (exact) mass is 269 g/mol. The number of rotatable bonds is 3. The van der Waals surface area contributed by atoms with Crippen LogP contribution in [0.15, 0.2) is 27.8 Å². The molecule has 3 rings (SSSR count). The largest absolute Gasteiger partial charge is 0.337 e. The van der Waals surface area contributed by atoms with Crippen LogP contribution in [0.1, 0.15) is 30.5 Å². The number of nitrogens with zero attached hydrogens (tertiary/aromatic N) is 1. The van der Waals surface area contributed by atoms with Crippen molar-refractivity contribution in [3.8, 4) is 0 Å². The molecule has 104 valence electrons. The van der Waals surface area contributed by atoms with Crippen LogP contribution in [0.25, 0.3) is 0 Å². The van der Waals surface area contributed by atoms with E-state index in [2.05, 4.69) is 32.0 Å². The summed E-state index contributed by atoms with van der Waals surface area (Å²) in [6, 6.07) is 6.52. The van der Waals surface area contributed by atoms with Crippen LogP contribution in [0, 0.1) is 12.8 Å². The molecule has 0 saturated heterocycles. The maximum absolute atomic E-state index is 11.8. The highest BCUT2D eigenvalue weighted by atomic mass is 16.2.